The normalized spacial score (nSPS) is 17.8. The van der Waals surface area contributed by atoms with Crippen LogP contribution in [0.2, 0.25) is 0 Å². The number of nitrogens with zero attached hydrogens (tertiary/aromatic N) is 3. The van der Waals surface area contributed by atoms with Gasteiger partial charge in [-0.25, -0.2) is 4.79 Å². The summed E-state index contributed by atoms with van der Waals surface area (Å²) in [4.78, 5) is 16.4. The summed E-state index contributed by atoms with van der Waals surface area (Å²) < 4.78 is 6.36. The van der Waals surface area contributed by atoms with Gasteiger partial charge in [-0.15, -0.1) is 0 Å². The quantitative estimate of drug-likeness (QED) is 0.672. The Labute approximate surface area is 171 Å². The summed E-state index contributed by atoms with van der Waals surface area (Å²) in [6, 6.07) is 6.50. The molecule has 0 aliphatic carbocycles. The molecule has 1 heterocycles. The second-order valence-electron chi connectivity index (χ2n) is 8.65. The minimum absolute atomic E-state index is 0.00710. The van der Waals surface area contributed by atoms with Crippen LogP contribution in [-0.2, 0) is 11.2 Å². The predicted molar refractivity (Wildman–Crippen MR) is 112 cm³/mol. The zero-order valence-corrected chi connectivity index (χ0v) is 18.8. The van der Waals surface area contributed by atoms with E-state index in [9.17, 15) is 10.1 Å². The van der Waals surface area contributed by atoms with E-state index in [1.54, 1.807) is 4.90 Å². The Morgan fingerprint density at radius 1 is 1.37 bits per heavy atom. The fourth-order valence-corrected chi connectivity index (χ4v) is 3.95. The molecule has 6 heteroatoms. The number of carbonyl (C=O) groups excluding carboxylic acids is 1. The fourth-order valence-electron chi connectivity index (χ4n) is 3.36. The van der Waals surface area contributed by atoms with Crippen LogP contribution in [0.25, 0.3) is 0 Å². The Bertz CT molecular complexity index is 734. The Morgan fingerprint density at radius 2 is 2.04 bits per heavy atom. The summed E-state index contributed by atoms with van der Waals surface area (Å²) in [6.45, 7) is 14.0. The zero-order valence-electron chi connectivity index (χ0n) is 17.2. The number of halogens is 1. The van der Waals surface area contributed by atoms with Gasteiger partial charge >= 0.3 is 6.09 Å². The Morgan fingerprint density at radius 3 is 2.56 bits per heavy atom. The van der Waals surface area contributed by atoms with Crippen LogP contribution in [0.1, 0.15) is 52.7 Å². The lowest BCUT2D eigenvalue weighted by atomic mass is 9.99. The summed E-state index contributed by atoms with van der Waals surface area (Å²) >= 11 is 3.56. The smallest absolute Gasteiger partial charge is 0.410 e. The van der Waals surface area contributed by atoms with Gasteiger partial charge in [0.2, 0.25) is 0 Å². The largest absolute Gasteiger partial charge is 0.444 e. The molecule has 0 saturated carbocycles. The van der Waals surface area contributed by atoms with E-state index in [1.165, 1.54) is 5.56 Å². The van der Waals surface area contributed by atoms with Crippen molar-refractivity contribution in [1.82, 2.24) is 4.90 Å². The standard InChI is InChI=1S/C21H30BrN3O2/c1-14(2)9-16-10-18(22)17(12-23)19(11-16)24-7-8-25(15(3)13-24)20(26)27-21(4,5)6/h10-11,14-15H,7-9,13H2,1-6H3/t15-/m0/s1. The number of nitriles is 1. The number of rotatable bonds is 3. The van der Waals surface area contributed by atoms with Gasteiger partial charge in [0.1, 0.15) is 11.7 Å². The van der Waals surface area contributed by atoms with Gasteiger partial charge in [0.15, 0.2) is 0 Å². The highest BCUT2D eigenvalue weighted by molar-refractivity contribution is 9.10. The SMILES string of the molecule is CC(C)Cc1cc(Br)c(C#N)c(N2CCN(C(=O)OC(C)(C)C)[C@@H](C)C2)c1. The summed E-state index contributed by atoms with van der Waals surface area (Å²) in [5.74, 6) is 0.542. The molecule has 27 heavy (non-hydrogen) atoms. The molecule has 0 unspecified atom stereocenters. The van der Waals surface area contributed by atoms with Gasteiger partial charge in [0.05, 0.1) is 11.3 Å². The molecule has 1 aliphatic heterocycles. The first-order chi connectivity index (χ1) is 12.5. The van der Waals surface area contributed by atoms with Gasteiger partial charge in [0.25, 0.3) is 0 Å². The molecule has 0 bridgehead atoms. The number of anilines is 1. The monoisotopic (exact) mass is 435 g/mol. The molecular formula is C21H30BrN3O2. The van der Waals surface area contributed by atoms with E-state index in [1.807, 2.05) is 33.8 Å². The minimum atomic E-state index is -0.502. The van der Waals surface area contributed by atoms with Crippen molar-refractivity contribution in [3.05, 3.63) is 27.7 Å². The second kappa shape index (κ2) is 8.52. The molecule has 1 fully saturated rings. The summed E-state index contributed by atoms with van der Waals surface area (Å²) in [6.07, 6.45) is 0.690. The van der Waals surface area contributed by atoms with Crippen LogP contribution >= 0.6 is 15.9 Å². The number of benzene rings is 1. The van der Waals surface area contributed by atoms with Crippen molar-refractivity contribution >= 4 is 27.7 Å². The molecule has 0 spiro atoms. The lowest BCUT2D eigenvalue weighted by Gasteiger charge is -2.41. The number of amides is 1. The van der Waals surface area contributed by atoms with Crippen LogP contribution in [0.15, 0.2) is 16.6 Å². The van der Waals surface area contributed by atoms with Gasteiger partial charge < -0.3 is 14.5 Å². The molecule has 1 atom stereocenters. The molecule has 148 valence electrons. The van der Waals surface area contributed by atoms with Gasteiger partial charge in [-0.2, -0.15) is 5.26 Å². The van der Waals surface area contributed by atoms with Crippen LogP contribution in [0, 0.1) is 17.2 Å². The minimum Gasteiger partial charge on any atom is -0.444 e. The van der Waals surface area contributed by atoms with Crippen molar-refractivity contribution in [2.24, 2.45) is 5.92 Å². The lowest BCUT2D eigenvalue weighted by molar-refractivity contribution is 0.0159. The van der Waals surface area contributed by atoms with Crippen molar-refractivity contribution in [1.29, 1.82) is 5.26 Å². The average Bonchev–Trinajstić information content (AvgIpc) is 2.51. The predicted octanol–water partition coefficient (Wildman–Crippen LogP) is 4.96. The molecule has 1 saturated heterocycles. The number of hydrogen-bond donors (Lipinski definition) is 0. The highest BCUT2D eigenvalue weighted by atomic mass is 79.9. The number of ether oxygens (including phenoxy) is 1. The molecular weight excluding hydrogens is 406 g/mol. The molecule has 0 radical (unpaired) electrons. The van der Waals surface area contributed by atoms with Crippen LogP contribution in [0.4, 0.5) is 10.5 Å². The molecule has 5 nitrogen and oxygen atoms in total. The van der Waals surface area contributed by atoms with Crippen molar-refractivity contribution < 1.29 is 9.53 Å². The maximum absolute atomic E-state index is 12.4. The van der Waals surface area contributed by atoms with Crippen LogP contribution in [0.5, 0.6) is 0 Å². The maximum Gasteiger partial charge on any atom is 0.410 e. The van der Waals surface area contributed by atoms with Gasteiger partial charge in [0, 0.05) is 30.1 Å². The summed E-state index contributed by atoms with van der Waals surface area (Å²) in [5, 5.41) is 9.65. The third kappa shape index (κ3) is 5.62. The Hall–Kier alpha value is -1.74. The third-order valence-corrected chi connectivity index (χ3v) is 5.11. The fraction of sp³-hybridized carbons (Fsp3) is 0.619. The number of piperazine rings is 1. The van der Waals surface area contributed by atoms with Crippen molar-refractivity contribution in [2.75, 3.05) is 24.5 Å². The average molecular weight is 436 g/mol. The lowest BCUT2D eigenvalue weighted by Crippen LogP contribution is -2.55. The molecule has 2 rings (SSSR count). The van der Waals surface area contributed by atoms with E-state index < -0.39 is 5.60 Å². The molecule has 0 N–H and O–H groups in total. The number of carbonyl (C=O) groups is 1. The Kier molecular flexibility index (Phi) is 6.80. The first kappa shape index (κ1) is 21.6. The Balaban J connectivity index is 2.22. The number of hydrogen-bond acceptors (Lipinski definition) is 4. The highest BCUT2D eigenvalue weighted by Crippen LogP contribution is 2.32. The van der Waals surface area contributed by atoms with E-state index in [-0.39, 0.29) is 12.1 Å². The van der Waals surface area contributed by atoms with Crippen molar-refractivity contribution in [3.8, 4) is 6.07 Å². The highest BCUT2D eigenvalue weighted by Gasteiger charge is 2.32. The van der Waals surface area contributed by atoms with Gasteiger partial charge in [-0.3, -0.25) is 0 Å². The van der Waals surface area contributed by atoms with Crippen molar-refractivity contribution in [3.63, 3.8) is 0 Å². The molecule has 1 aromatic rings. The first-order valence-electron chi connectivity index (χ1n) is 9.49. The van der Waals surface area contributed by atoms with Crippen LogP contribution in [0.3, 0.4) is 0 Å². The van der Waals surface area contributed by atoms with Crippen LogP contribution < -0.4 is 4.90 Å². The molecule has 1 amide bonds. The van der Waals surface area contributed by atoms with Crippen LogP contribution in [-0.4, -0.2) is 42.3 Å². The van der Waals surface area contributed by atoms with E-state index in [0.717, 1.165) is 16.6 Å². The summed E-state index contributed by atoms with van der Waals surface area (Å²) in [5.41, 5.74) is 2.31. The topological polar surface area (TPSA) is 56.6 Å². The van der Waals surface area contributed by atoms with Crippen molar-refractivity contribution in [2.45, 2.75) is 59.6 Å². The second-order valence-corrected chi connectivity index (χ2v) is 9.50. The molecule has 1 aliphatic rings. The van der Waals surface area contributed by atoms with E-state index in [4.69, 9.17) is 4.74 Å². The van der Waals surface area contributed by atoms with Gasteiger partial charge in [-0.05, 0) is 73.7 Å². The van der Waals surface area contributed by atoms with E-state index in [0.29, 0.717) is 31.1 Å². The maximum atomic E-state index is 12.4. The van der Waals surface area contributed by atoms with E-state index >= 15 is 0 Å². The first-order valence-corrected chi connectivity index (χ1v) is 10.3. The van der Waals surface area contributed by atoms with Gasteiger partial charge in [-0.1, -0.05) is 13.8 Å². The third-order valence-electron chi connectivity index (χ3n) is 4.48. The zero-order chi connectivity index (χ0) is 20.4. The summed E-state index contributed by atoms with van der Waals surface area (Å²) in [7, 11) is 0. The van der Waals surface area contributed by atoms with E-state index in [2.05, 4.69) is 46.8 Å². The molecule has 1 aromatic carbocycles. The molecule has 0 aromatic heterocycles.